The van der Waals surface area contributed by atoms with Crippen LogP contribution in [0.25, 0.3) is 0 Å². The Kier molecular flexibility index (Phi) is 6.05. The molecule has 0 radical (unpaired) electrons. The van der Waals surface area contributed by atoms with Crippen molar-refractivity contribution >= 4 is 56.5 Å². The van der Waals surface area contributed by atoms with Crippen molar-refractivity contribution in [1.29, 1.82) is 0 Å². The monoisotopic (exact) mass is 383 g/mol. The number of carbonyl (C=O) groups is 2. The molecule has 0 bridgehead atoms. The van der Waals surface area contributed by atoms with E-state index >= 15 is 0 Å². The van der Waals surface area contributed by atoms with Crippen molar-refractivity contribution in [2.45, 2.75) is 36.1 Å². The molecule has 0 aromatic carbocycles. The molecule has 0 atom stereocenters. The Morgan fingerprint density at radius 3 is 2.83 bits per heavy atom. The van der Waals surface area contributed by atoms with E-state index in [1.807, 2.05) is 17.5 Å². The van der Waals surface area contributed by atoms with Crippen LogP contribution < -0.4 is 16.0 Å². The topological polar surface area (TPSA) is 96.0 Å². The van der Waals surface area contributed by atoms with E-state index in [0.29, 0.717) is 21.3 Å². The summed E-state index contributed by atoms with van der Waals surface area (Å²) in [7, 11) is 0. The van der Waals surface area contributed by atoms with Gasteiger partial charge in [0, 0.05) is 6.04 Å². The molecular weight excluding hydrogens is 366 g/mol. The molecule has 24 heavy (non-hydrogen) atoms. The van der Waals surface area contributed by atoms with Gasteiger partial charge in [-0.3, -0.25) is 15.4 Å². The van der Waals surface area contributed by atoms with Crippen molar-refractivity contribution in [3.63, 3.8) is 0 Å². The van der Waals surface area contributed by atoms with E-state index in [-0.39, 0.29) is 11.9 Å². The summed E-state index contributed by atoms with van der Waals surface area (Å²) in [6.07, 6.45) is 4.53. The predicted molar refractivity (Wildman–Crippen MR) is 98.0 cm³/mol. The quantitative estimate of drug-likeness (QED) is 0.525. The lowest BCUT2D eigenvalue weighted by molar-refractivity contribution is -0.119. The van der Waals surface area contributed by atoms with E-state index in [1.165, 1.54) is 47.3 Å². The van der Waals surface area contributed by atoms with Crippen LogP contribution in [-0.4, -0.2) is 33.9 Å². The van der Waals surface area contributed by atoms with E-state index in [0.717, 1.165) is 17.8 Å². The number of hydrogen-bond acceptors (Lipinski definition) is 7. The van der Waals surface area contributed by atoms with Crippen molar-refractivity contribution in [3.05, 3.63) is 17.5 Å². The highest BCUT2D eigenvalue weighted by Gasteiger charge is 2.17. The highest BCUT2D eigenvalue weighted by atomic mass is 32.2. The Morgan fingerprint density at radius 2 is 2.08 bits per heavy atom. The SMILES string of the molecule is O=C(CSc1nnc(NC(=O)Nc2cccs2)s1)NC1CCCC1. The maximum atomic E-state index is 11.9. The number of carbonyl (C=O) groups excluding carboxylic acids is 2. The third-order valence-electron chi connectivity index (χ3n) is 3.43. The number of thiophene rings is 1. The molecule has 0 unspecified atom stereocenters. The first-order valence-electron chi connectivity index (χ1n) is 7.56. The summed E-state index contributed by atoms with van der Waals surface area (Å²) >= 11 is 4.02. The zero-order valence-corrected chi connectivity index (χ0v) is 15.2. The minimum atomic E-state index is -0.357. The Morgan fingerprint density at radius 1 is 1.25 bits per heavy atom. The van der Waals surface area contributed by atoms with Crippen LogP contribution in [-0.2, 0) is 4.79 Å². The molecule has 2 aromatic heterocycles. The molecule has 1 saturated carbocycles. The summed E-state index contributed by atoms with van der Waals surface area (Å²) < 4.78 is 0.656. The fourth-order valence-corrected chi connectivity index (χ4v) is 4.55. The second kappa shape index (κ2) is 8.45. The summed E-state index contributed by atoms with van der Waals surface area (Å²) in [5, 5.41) is 19.3. The Bertz CT molecular complexity index is 682. The van der Waals surface area contributed by atoms with E-state index in [4.69, 9.17) is 0 Å². The molecular formula is C14H17N5O2S3. The van der Waals surface area contributed by atoms with Crippen molar-refractivity contribution in [1.82, 2.24) is 15.5 Å². The van der Waals surface area contributed by atoms with Crippen molar-refractivity contribution < 1.29 is 9.59 Å². The Balaban J connectivity index is 1.41. The lowest BCUT2D eigenvalue weighted by Crippen LogP contribution is -2.33. The first kappa shape index (κ1) is 17.2. The third-order valence-corrected chi connectivity index (χ3v) is 6.19. The molecule has 2 heterocycles. The zero-order valence-electron chi connectivity index (χ0n) is 12.8. The molecule has 0 aliphatic heterocycles. The van der Waals surface area contributed by atoms with Crippen molar-refractivity contribution in [2.24, 2.45) is 0 Å². The van der Waals surface area contributed by atoms with Gasteiger partial charge in [-0.05, 0) is 30.4 Å². The van der Waals surface area contributed by atoms with Gasteiger partial charge in [0.15, 0.2) is 4.34 Å². The largest absolute Gasteiger partial charge is 0.353 e. The molecule has 0 saturated heterocycles. The molecule has 0 spiro atoms. The maximum Gasteiger partial charge on any atom is 0.326 e. The van der Waals surface area contributed by atoms with Gasteiger partial charge in [0.1, 0.15) is 0 Å². The lowest BCUT2D eigenvalue weighted by atomic mass is 10.2. The number of hydrogen-bond donors (Lipinski definition) is 3. The average Bonchev–Trinajstić information content (AvgIpc) is 3.28. The van der Waals surface area contributed by atoms with Crippen LogP contribution in [0.15, 0.2) is 21.9 Å². The fourth-order valence-electron chi connectivity index (χ4n) is 2.38. The molecule has 3 amide bonds. The predicted octanol–water partition coefficient (Wildman–Crippen LogP) is 3.39. The van der Waals surface area contributed by atoms with Gasteiger partial charge in [-0.25, -0.2) is 4.79 Å². The van der Waals surface area contributed by atoms with Gasteiger partial charge in [0.2, 0.25) is 11.0 Å². The van der Waals surface area contributed by atoms with Crippen LogP contribution in [0, 0.1) is 0 Å². The summed E-state index contributed by atoms with van der Waals surface area (Å²) in [6.45, 7) is 0. The van der Waals surface area contributed by atoms with E-state index in [2.05, 4.69) is 26.1 Å². The van der Waals surface area contributed by atoms with Gasteiger partial charge in [0.25, 0.3) is 0 Å². The highest BCUT2D eigenvalue weighted by Crippen LogP contribution is 2.26. The standard InChI is InChI=1S/C14H17N5O2S3/c20-10(15-9-4-1-2-5-9)8-23-14-19-18-13(24-14)17-12(21)16-11-6-3-7-22-11/h3,6-7,9H,1-2,4-5,8H2,(H,15,20)(H2,16,17,18,21). The van der Waals surface area contributed by atoms with Crippen LogP contribution in [0.4, 0.5) is 14.9 Å². The van der Waals surface area contributed by atoms with Gasteiger partial charge < -0.3 is 5.32 Å². The molecule has 2 aromatic rings. The molecule has 128 valence electrons. The van der Waals surface area contributed by atoms with Crippen LogP contribution in [0.2, 0.25) is 0 Å². The molecule has 1 aliphatic carbocycles. The van der Waals surface area contributed by atoms with E-state index < -0.39 is 0 Å². The summed E-state index contributed by atoms with van der Waals surface area (Å²) in [6, 6.07) is 3.64. The fraction of sp³-hybridized carbons (Fsp3) is 0.429. The molecule has 7 nitrogen and oxygen atoms in total. The Hall–Kier alpha value is -1.65. The van der Waals surface area contributed by atoms with Gasteiger partial charge in [-0.1, -0.05) is 35.9 Å². The first-order valence-corrected chi connectivity index (χ1v) is 10.2. The van der Waals surface area contributed by atoms with E-state index in [9.17, 15) is 9.59 Å². The summed E-state index contributed by atoms with van der Waals surface area (Å²) in [4.78, 5) is 23.7. The number of rotatable bonds is 6. The van der Waals surface area contributed by atoms with Crippen molar-refractivity contribution in [3.8, 4) is 0 Å². The summed E-state index contributed by atoms with van der Waals surface area (Å²) in [5.74, 6) is 0.332. The van der Waals surface area contributed by atoms with Crippen molar-refractivity contribution in [2.75, 3.05) is 16.4 Å². The molecule has 3 rings (SSSR count). The number of thioether (sulfide) groups is 1. The van der Waals surface area contributed by atoms with Crippen LogP contribution in [0.3, 0.4) is 0 Å². The van der Waals surface area contributed by atoms with Crippen LogP contribution >= 0.6 is 34.4 Å². The normalized spacial score (nSPS) is 14.5. The lowest BCUT2D eigenvalue weighted by Gasteiger charge is -2.10. The van der Waals surface area contributed by atoms with Crippen LogP contribution in [0.1, 0.15) is 25.7 Å². The molecule has 1 fully saturated rings. The van der Waals surface area contributed by atoms with Gasteiger partial charge >= 0.3 is 6.03 Å². The van der Waals surface area contributed by atoms with Gasteiger partial charge in [-0.2, -0.15) is 0 Å². The maximum absolute atomic E-state index is 11.9. The second-order valence-corrected chi connectivity index (χ2v) is 8.41. The molecule has 3 N–H and O–H groups in total. The Labute approximate surface area is 151 Å². The zero-order chi connectivity index (χ0) is 16.8. The number of amides is 3. The molecule has 1 aliphatic rings. The van der Waals surface area contributed by atoms with Gasteiger partial charge in [0.05, 0.1) is 10.8 Å². The smallest absolute Gasteiger partial charge is 0.326 e. The minimum Gasteiger partial charge on any atom is -0.353 e. The number of nitrogens with zero attached hydrogens (tertiary/aromatic N) is 2. The number of aromatic nitrogens is 2. The average molecular weight is 384 g/mol. The van der Waals surface area contributed by atoms with Crippen LogP contribution in [0.5, 0.6) is 0 Å². The van der Waals surface area contributed by atoms with E-state index in [1.54, 1.807) is 0 Å². The van der Waals surface area contributed by atoms with Gasteiger partial charge in [-0.15, -0.1) is 21.5 Å². The minimum absolute atomic E-state index is 0.0204. The summed E-state index contributed by atoms with van der Waals surface area (Å²) in [5.41, 5.74) is 0. The number of nitrogens with one attached hydrogen (secondary N) is 3. The second-order valence-electron chi connectivity index (χ2n) is 5.27. The number of urea groups is 1. The first-order chi connectivity index (χ1) is 11.7. The highest BCUT2D eigenvalue weighted by molar-refractivity contribution is 8.01. The number of anilines is 2. The third kappa shape index (κ3) is 5.18. The molecule has 10 heteroatoms.